The van der Waals surface area contributed by atoms with Crippen molar-refractivity contribution in [2.24, 2.45) is 0 Å². The maximum atomic E-state index is 12.5. The molecule has 2 rings (SSSR count). The molecule has 0 bridgehead atoms. The molecule has 1 aromatic rings. The van der Waals surface area contributed by atoms with Crippen LogP contribution in [-0.2, 0) is 6.42 Å². The first-order valence-electron chi connectivity index (χ1n) is 7.09. The molecule has 1 amide bonds. The number of hydrogen-bond donors (Lipinski definition) is 1. The lowest BCUT2D eigenvalue weighted by Crippen LogP contribution is -2.43. The summed E-state index contributed by atoms with van der Waals surface area (Å²) < 4.78 is 0. The van der Waals surface area contributed by atoms with Crippen molar-refractivity contribution in [2.75, 3.05) is 19.6 Å². The van der Waals surface area contributed by atoms with Gasteiger partial charge in [-0.25, -0.2) is 0 Å². The van der Waals surface area contributed by atoms with Crippen molar-refractivity contribution < 1.29 is 4.79 Å². The minimum Gasteiger partial charge on any atom is -0.337 e. The normalized spacial score (nSPS) is 16.2. The standard InChI is InChI=1S/C16H24N2O/c1-16(2,3)17-10-12-18-11-6-8-13-7-4-5-9-14(13)15(18)19/h4-5,7,9,17H,6,8,10-12H2,1-3H3. The van der Waals surface area contributed by atoms with E-state index in [0.717, 1.165) is 38.0 Å². The fourth-order valence-corrected chi connectivity index (χ4v) is 2.46. The summed E-state index contributed by atoms with van der Waals surface area (Å²) in [6.45, 7) is 8.92. The van der Waals surface area contributed by atoms with Gasteiger partial charge in [0.2, 0.25) is 0 Å². The van der Waals surface area contributed by atoms with E-state index in [1.165, 1.54) is 5.56 Å². The molecular weight excluding hydrogens is 236 g/mol. The number of carbonyl (C=O) groups excluding carboxylic acids is 1. The predicted octanol–water partition coefficient (Wildman–Crippen LogP) is 2.46. The number of amides is 1. The summed E-state index contributed by atoms with van der Waals surface area (Å²) in [4.78, 5) is 14.5. The van der Waals surface area contributed by atoms with Crippen molar-refractivity contribution in [3.8, 4) is 0 Å². The lowest BCUT2D eigenvalue weighted by Gasteiger charge is -2.25. The highest BCUT2D eigenvalue weighted by Crippen LogP contribution is 2.18. The van der Waals surface area contributed by atoms with Crippen molar-refractivity contribution in [2.45, 2.75) is 39.2 Å². The van der Waals surface area contributed by atoms with Gasteiger partial charge >= 0.3 is 0 Å². The summed E-state index contributed by atoms with van der Waals surface area (Å²) in [5.41, 5.74) is 2.18. The Morgan fingerprint density at radius 1 is 1.26 bits per heavy atom. The van der Waals surface area contributed by atoms with Crippen LogP contribution in [0.3, 0.4) is 0 Å². The van der Waals surface area contributed by atoms with Crippen LogP contribution in [0.5, 0.6) is 0 Å². The Bertz CT molecular complexity index is 448. The molecule has 104 valence electrons. The fourth-order valence-electron chi connectivity index (χ4n) is 2.46. The van der Waals surface area contributed by atoms with Crippen LogP contribution >= 0.6 is 0 Å². The summed E-state index contributed by atoms with van der Waals surface area (Å²) >= 11 is 0. The number of nitrogens with zero attached hydrogens (tertiary/aromatic N) is 1. The fraction of sp³-hybridized carbons (Fsp3) is 0.562. The first-order valence-corrected chi connectivity index (χ1v) is 7.09. The molecule has 0 radical (unpaired) electrons. The third kappa shape index (κ3) is 3.80. The Balaban J connectivity index is 2.01. The highest BCUT2D eigenvalue weighted by Gasteiger charge is 2.21. The van der Waals surface area contributed by atoms with E-state index in [4.69, 9.17) is 0 Å². The van der Waals surface area contributed by atoms with Crippen molar-refractivity contribution in [1.29, 1.82) is 0 Å². The summed E-state index contributed by atoms with van der Waals surface area (Å²) in [5.74, 6) is 0.184. The average molecular weight is 260 g/mol. The molecule has 1 aliphatic rings. The Labute approximate surface area is 116 Å². The maximum absolute atomic E-state index is 12.5. The van der Waals surface area contributed by atoms with E-state index in [1.54, 1.807) is 0 Å². The van der Waals surface area contributed by atoms with E-state index in [9.17, 15) is 4.79 Å². The van der Waals surface area contributed by atoms with Crippen LogP contribution in [0.4, 0.5) is 0 Å². The van der Waals surface area contributed by atoms with Gasteiger partial charge < -0.3 is 10.2 Å². The minimum atomic E-state index is 0.104. The van der Waals surface area contributed by atoms with Crippen LogP contribution in [0.25, 0.3) is 0 Å². The predicted molar refractivity (Wildman–Crippen MR) is 78.4 cm³/mol. The van der Waals surface area contributed by atoms with Gasteiger partial charge in [0.15, 0.2) is 0 Å². The monoisotopic (exact) mass is 260 g/mol. The molecule has 0 saturated carbocycles. The Kier molecular flexibility index (Phi) is 4.25. The number of fused-ring (bicyclic) bond motifs is 1. The van der Waals surface area contributed by atoms with E-state index in [-0.39, 0.29) is 11.4 Å². The van der Waals surface area contributed by atoms with Gasteiger partial charge in [-0.15, -0.1) is 0 Å². The molecule has 1 N–H and O–H groups in total. The number of rotatable bonds is 3. The SMILES string of the molecule is CC(C)(C)NCCN1CCCc2ccccc2C1=O. The van der Waals surface area contributed by atoms with Crippen LogP contribution in [-0.4, -0.2) is 36.0 Å². The summed E-state index contributed by atoms with van der Waals surface area (Å²) in [6, 6.07) is 7.99. The largest absolute Gasteiger partial charge is 0.337 e. The van der Waals surface area contributed by atoms with Crippen LogP contribution in [0.15, 0.2) is 24.3 Å². The van der Waals surface area contributed by atoms with Gasteiger partial charge in [0.1, 0.15) is 0 Å². The molecule has 1 heterocycles. The topological polar surface area (TPSA) is 32.3 Å². The molecule has 0 unspecified atom stereocenters. The lowest BCUT2D eigenvalue weighted by molar-refractivity contribution is 0.0759. The van der Waals surface area contributed by atoms with Gasteiger partial charge in [0.25, 0.3) is 5.91 Å². The molecule has 1 aliphatic heterocycles. The smallest absolute Gasteiger partial charge is 0.254 e. The second-order valence-electron chi connectivity index (χ2n) is 6.23. The molecule has 0 spiro atoms. The van der Waals surface area contributed by atoms with Gasteiger partial charge in [0.05, 0.1) is 0 Å². The zero-order valence-corrected chi connectivity index (χ0v) is 12.2. The van der Waals surface area contributed by atoms with Gasteiger partial charge in [-0.1, -0.05) is 18.2 Å². The lowest BCUT2D eigenvalue weighted by atomic mass is 10.0. The summed E-state index contributed by atoms with van der Waals surface area (Å²) in [5, 5.41) is 3.44. The number of hydrogen-bond acceptors (Lipinski definition) is 2. The molecule has 0 saturated heterocycles. The first-order chi connectivity index (χ1) is 8.97. The van der Waals surface area contributed by atoms with Crippen LogP contribution < -0.4 is 5.32 Å². The zero-order valence-electron chi connectivity index (χ0n) is 12.2. The number of aryl methyl sites for hydroxylation is 1. The van der Waals surface area contributed by atoms with Crippen LogP contribution in [0.1, 0.15) is 43.1 Å². The second kappa shape index (κ2) is 5.74. The van der Waals surface area contributed by atoms with E-state index < -0.39 is 0 Å². The van der Waals surface area contributed by atoms with Gasteiger partial charge in [-0.2, -0.15) is 0 Å². The van der Waals surface area contributed by atoms with Crippen LogP contribution in [0, 0.1) is 0 Å². The van der Waals surface area contributed by atoms with E-state index in [2.05, 4.69) is 32.2 Å². The summed E-state index contributed by atoms with van der Waals surface area (Å²) in [7, 11) is 0. The molecule has 1 aromatic carbocycles. The third-order valence-corrected chi connectivity index (χ3v) is 3.45. The second-order valence-corrected chi connectivity index (χ2v) is 6.23. The molecule has 0 atom stereocenters. The molecule has 3 heteroatoms. The Hall–Kier alpha value is -1.35. The maximum Gasteiger partial charge on any atom is 0.254 e. The van der Waals surface area contributed by atoms with Gasteiger partial charge in [-0.3, -0.25) is 4.79 Å². The highest BCUT2D eigenvalue weighted by atomic mass is 16.2. The molecule has 0 fully saturated rings. The number of nitrogens with one attached hydrogen (secondary N) is 1. The summed E-state index contributed by atoms with van der Waals surface area (Å²) in [6.07, 6.45) is 2.06. The van der Waals surface area contributed by atoms with Gasteiger partial charge in [-0.05, 0) is 45.2 Å². The van der Waals surface area contributed by atoms with Crippen molar-refractivity contribution >= 4 is 5.91 Å². The third-order valence-electron chi connectivity index (χ3n) is 3.45. The van der Waals surface area contributed by atoms with Crippen molar-refractivity contribution in [3.63, 3.8) is 0 Å². The van der Waals surface area contributed by atoms with E-state index in [1.807, 2.05) is 23.1 Å². The molecule has 0 aromatic heterocycles. The van der Waals surface area contributed by atoms with Crippen molar-refractivity contribution in [3.05, 3.63) is 35.4 Å². The Morgan fingerprint density at radius 3 is 2.74 bits per heavy atom. The molecule has 0 aliphatic carbocycles. The quantitative estimate of drug-likeness (QED) is 0.905. The molecular formula is C16H24N2O. The Morgan fingerprint density at radius 2 is 2.00 bits per heavy atom. The average Bonchev–Trinajstić information content (AvgIpc) is 2.49. The molecule has 19 heavy (non-hydrogen) atoms. The minimum absolute atomic E-state index is 0.104. The zero-order chi connectivity index (χ0) is 13.9. The van der Waals surface area contributed by atoms with Gasteiger partial charge in [0, 0.05) is 30.7 Å². The number of benzene rings is 1. The highest BCUT2D eigenvalue weighted by molar-refractivity contribution is 5.96. The molecule has 3 nitrogen and oxygen atoms in total. The number of carbonyl (C=O) groups is 1. The van der Waals surface area contributed by atoms with E-state index >= 15 is 0 Å². The van der Waals surface area contributed by atoms with Crippen LogP contribution in [0.2, 0.25) is 0 Å². The first kappa shape index (κ1) is 14.1. The van der Waals surface area contributed by atoms with Crippen molar-refractivity contribution in [1.82, 2.24) is 10.2 Å². The van der Waals surface area contributed by atoms with E-state index in [0.29, 0.717) is 0 Å².